The van der Waals surface area contributed by atoms with Crippen LogP contribution in [0.25, 0.3) is 0 Å². The Bertz CT molecular complexity index is 428. The maximum absolute atomic E-state index is 11.0. The van der Waals surface area contributed by atoms with Gasteiger partial charge in [-0.1, -0.05) is 0 Å². The number of ether oxygens (including phenoxy) is 1. The van der Waals surface area contributed by atoms with Gasteiger partial charge in [0.1, 0.15) is 5.82 Å². The Kier molecular flexibility index (Phi) is 6.22. The van der Waals surface area contributed by atoms with Gasteiger partial charge >= 0.3 is 5.97 Å². The molecular formula is C12H16N4O2. The highest BCUT2D eigenvalue weighted by Gasteiger charge is 1.99. The van der Waals surface area contributed by atoms with Crippen molar-refractivity contribution in [1.82, 2.24) is 10.3 Å². The first kappa shape index (κ1) is 13.9. The fourth-order valence-corrected chi connectivity index (χ4v) is 1.28. The summed E-state index contributed by atoms with van der Waals surface area (Å²) in [4.78, 5) is 15.1. The molecule has 6 heteroatoms. The summed E-state index contributed by atoms with van der Waals surface area (Å²) in [5.41, 5.74) is 0.562. The molecule has 0 saturated carbocycles. The van der Waals surface area contributed by atoms with Crippen LogP contribution in [0.3, 0.4) is 0 Å². The molecule has 6 nitrogen and oxygen atoms in total. The molecular weight excluding hydrogens is 232 g/mol. The Morgan fingerprint density at radius 2 is 2.39 bits per heavy atom. The van der Waals surface area contributed by atoms with Crippen molar-refractivity contribution in [3.05, 3.63) is 23.9 Å². The van der Waals surface area contributed by atoms with E-state index >= 15 is 0 Å². The van der Waals surface area contributed by atoms with E-state index < -0.39 is 0 Å². The molecule has 0 aromatic carbocycles. The fraction of sp³-hybridized carbons (Fsp3) is 0.417. The number of nitrogens with zero attached hydrogens (tertiary/aromatic N) is 2. The largest absolute Gasteiger partial charge is 0.465 e. The number of carbonyl (C=O) groups is 1. The highest BCUT2D eigenvalue weighted by atomic mass is 16.5. The van der Waals surface area contributed by atoms with E-state index in [1.807, 2.05) is 6.07 Å². The lowest BCUT2D eigenvalue weighted by Gasteiger charge is -2.06. The molecule has 1 rings (SSSR count). The van der Waals surface area contributed by atoms with Gasteiger partial charge in [0.05, 0.1) is 24.8 Å². The van der Waals surface area contributed by atoms with E-state index in [1.54, 1.807) is 25.3 Å². The maximum Gasteiger partial charge on any atom is 0.319 e. The van der Waals surface area contributed by atoms with Crippen molar-refractivity contribution in [1.29, 1.82) is 5.26 Å². The number of hydrogen-bond donors (Lipinski definition) is 2. The number of nitrogens with one attached hydrogen (secondary N) is 2. The number of aromatic nitrogens is 1. The fourth-order valence-electron chi connectivity index (χ4n) is 1.28. The van der Waals surface area contributed by atoms with Gasteiger partial charge in [0.2, 0.25) is 0 Å². The van der Waals surface area contributed by atoms with Gasteiger partial charge < -0.3 is 15.4 Å². The van der Waals surface area contributed by atoms with Crippen molar-refractivity contribution in [2.24, 2.45) is 0 Å². The Morgan fingerprint density at radius 1 is 1.56 bits per heavy atom. The molecule has 2 N–H and O–H groups in total. The van der Waals surface area contributed by atoms with Crippen molar-refractivity contribution in [2.45, 2.75) is 6.92 Å². The third-order valence-electron chi connectivity index (χ3n) is 2.07. The smallest absolute Gasteiger partial charge is 0.319 e. The molecule has 0 unspecified atom stereocenters. The van der Waals surface area contributed by atoms with Crippen LogP contribution < -0.4 is 10.6 Å². The second kappa shape index (κ2) is 8.03. The van der Waals surface area contributed by atoms with Crippen LogP contribution in [0.1, 0.15) is 12.5 Å². The minimum atomic E-state index is -0.262. The first-order valence-electron chi connectivity index (χ1n) is 5.72. The van der Waals surface area contributed by atoms with Crippen LogP contribution in [0.2, 0.25) is 0 Å². The molecule has 0 spiro atoms. The molecule has 18 heavy (non-hydrogen) atoms. The van der Waals surface area contributed by atoms with E-state index in [0.717, 1.165) is 0 Å². The molecule has 0 radical (unpaired) electrons. The van der Waals surface area contributed by atoms with Gasteiger partial charge in [0, 0.05) is 19.3 Å². The molecule has 0 aliphatic rings. The summed E-state index contributed by atoms with van der Waals surface area (Å²) in [6.07, 6.45) is 1.58. The number of anilines is 1. The minimum Gasteiger partial charge on any atom is -0.465 e. The SMILES string of the molecule is CCOC(=O)CNCCNc1cc(C#N)ccn1. The summed E-state index contributed by atoms with van der Waals surface area (Å²) >= 11 is 0. The average molecular weight is 248 g/mol. The quantitative estimate of drug-likeness (QED) is 0.540. The summed E-state index contributed by atoms with van der Waals surface area (Å²) < 4.78 is 4.77. The van der Waals surface area contributed by atoms with Crippen LogP contribution in [-0.4, -0.2) is 37.2 Å². The second-order valence-electron chi connectivity index (χ2n) is 3.45. The number of rotatable bonds is 7. The van der Waals surface area contributed by atoms with Gasteiger partial charge in [-0.05, 0) is 19.1 Å². The lowest BCUT2D eigenvalue weighted by atomic mass is 10.3. The third kappa shape index (κ3) is 5.27. The first-order chi connectivity index (χ1) is 8.76. The van der Waals surface area contributed by atoms with Gasteiger partial charge in [-0.15, -0.1) is 0 Å². The van der Waals surface area contributed by atoms with Crippen molar-refractivity contribution in [2.75, 3.05) is 31.6 Å². The molecule has 1 aromatic rings. The van der Waals surface area contributed by atoms with Crippen LogP contribution in [0, 0.1) is 11.3 Å². The van der Waals surface area contributed by atoms with Crippen molar-refractivity contribution in [3.8, 4) is 6.07 Å². The van der Waals surface area contributed by atoms with E-state index in [4.69, 9.17) is 10.00 Å². The van der Waals surface area contributed by atoms with Crippen LogP contribution in [0.15, 0.2) is 18.3 Å². The van der Waals surface area contributed by atoms with Gasteiger partial charge in [0.25, 0.3) is 0 Å². The molecule has 0 fully saturated rings. The highest BCUT2D eigenvalue weighted by Crippen LogP contribution is 2.04. The summed E-state index contributed by atoms with van der Waals surface area (Å²) in [5, 5.41) is 14.7. The van der Waals surface area contributed by atoms with Crippen molar-refractivity contribution in [3.63, 3.8) is 0 Å². The van der Waals surface area contributed by atoms with E-state index in [1.165, 1.54) is 0 Å². The zero-order valence-electron chi connectivity index (χ0n) is 10.3. The summed E-state index contributed by atoms with van der Waals surface area (Å²) in [6, 6.07) is 5.36. The second-order valence-corrected chi connectivity index (χ2v) is 3.45. The lowest BCUT2D eigenvalue weighted by Crippen LogP contribution is -2.29. The molecule has 0 bridgehead atoms. The number of carbonyl (C=O) groups excluding carboxylic acids is 1. The first-order valence-corrected chi connectivity index (χ1v) is 5.72. The number of pyridine rings is 1. The summed E-state index contributed by atoms with van der Waals surface area (Å²) in [6.45, 7) is 3.58. The Labute approximate surface area is 106 Å². The van der Waals surface area contributed by atoms with Gasteiger partial charge in [-0.25, -0.2) is 4.98 Å². The maximum atomic E-state index is 11.0. The highest BCUT2D eigenvalue weighted by molar-refractivity contribution is 5.71. The molecule has 0 aliphatic carbocycles. The molecule has 1 heterocycles. The molecule has 0 amide bonds. The van der Waals surface area contributed by atoms with E-state index in [2.05, 4.69) is 15.6 Å². The van der Waals surface area contributed by atoms with E-state index in [-0.39, 0.29) is 12.5 Å². The third-order valence-corrected chi connectivity index (χ3v) is 2.07. The minimum absolute atomic E-state index is 0.196. The molecule has 0 saturated heterocycles. The monoisotopic (exact) mass is 248 g/mol. The van der Waals surface area contributed by atoms with E-state index in [0.29, 0.717) is 31.1 Å². The molecule has 0 aliphatic heterocycles. The van der Waals surface area contributed by atoms with Crippen LogP contribution >= 0.6 is 0 Å². The number of esters is 1. The van der Waals surface area contributed by atoms with Gasteiger partial charge in [-0.2, -0.15) is 5.26 Å². The number of nitriles is 1. The zero-order valence-corrected chi connectivity index (χ0v) is 10.3. The van der Waals surface area contributed by atoms with Crippen molar-refractivity contribution < 1.29 is 9.53 Å². The van der Waals surface area contributed by atoms with Crippen molar-refractivity contribution >= 4 is 11.8 Å². The standard InChI is InChI=1S/C12H16N4O2/c1-2-18-12(17)9-14-5-6-16-11-7-10(8-13)3-4-15-11/h3-4,7,14H,2,5-6,9H2,1H3,(H,15,16). The van der Waals surface area contributed by atoms with Crippen LogP contribution in [-0.2, 0) is 9.53 Å². The molecule has 96 valence electrons. The summed E-state index contributed by atoms with van der Waals surface area (Å²) in [5.74, 6) is 0.383. The predicted octanol–water partition coefficient (Wildman–Crippen LogP) is 0.518. The Hall–Kier alpha value is -2.13. The Morgan fingerprint density at radius 3 is 3.11 bits per heavy atom. The average Bonchev–Trinajstić information content (AvgIpc) is 2.39. The molecule has 1 aromatic heterocycles. The van der Waals surface area contributed by atoms with Gasteiger partial charge in [0.15, 0.2) is 0 Å². The van der Waals surface area contributed by atoms with E-state index in [9.17, 15) is 4.79 Å². The topological polar surface area (TPSA) is 87.0 Å². The summed E-state index contributed by atoms with van der Waals surface area (Å²) in [7, 11) is 0. The lowest BCUT2D eigenvalue weighted by molar-refractivity contribution is -0.141. The normalized spacial score (nSPS) is 9.56. The number of hydrogen-bond acceptors (Lipinski definition) is 6. The van der Waals surface area contributed by atoms with Crippen LogP contribution in [0.5, 0.6) is 0 Å². The molecule has 0 atom stereocenters. The van der Waals surface area contributed by atoms with Crippen LogP contribution in [0.4, 0.5) is 5.82 Å². The predicted molar refractivity (Wildman–Crippen MR) is 66.9 cm³/mol. The Balaban J connectivity index is 2.18. The zero-order chi connectivity index (χ0) is 13.2. The van der Waals surface area contributed by atoms with Gasteiger partial charge in [-0.3, -0.25) is 4.79 Å².